The van der Waals surface area contributed by atoms with E-state index in [-0.39, 0.29) is 0 Å². The Kier molecular flexibility index (Phi) is 4.32. The van der Waals surface area contributed by atoms with Crippen molar-refractivity contribution < 1.29 is 0 Å². The molecule has 0 unspecified atom stereocenters. The minimum atomic E-state index is 0.354. The first-order valence-electron chi connectivity index (χ1n) is 7.70. The van der Waals surface area contributed by atoms with E-state index in [1.165, 1.54) is 29.5 Å². The topological polar surface area (TPSA) is 12.0 Å². The molecular formula is C19H22ClN. The van der Waals surface area contributed by atoms with Gasteiger partial charge in [0.15, 0.2) is 0 Å². The van der Waals surface area contributed by atoms with Crippen LogP contribution in [0.25, 0.3) is 0 Å². The summed E-state index contributed by atoms with van der Waals surface area (Å²) in [5.74, 6) is 0.717. The van der Waals surface area contributed by atoms with Gasteiger partial charge in [-0.2, -0.15) is 0 Å². The summed E-state index contributed by atoms with van der Waals surface area (Å²) in [6.07, 6.45) is 2.46. The van der Waals surface area contributed by atoms with Crippen molar-refractivity contribution in [3.05, 3.63) is 70.2 Å². The predicted octanol–water partition coefficient (Wildman–Crippen LogP) is 5.25. The van der Waals surface area contributed by atoms with Gasteiger partial charge < -0.3 is 5.32 Å². The molecule has 1 fully saturated rings. The molecule has 1 N–H and O–H groups in total. The van der Waals surface area contributed by atoms with E-state index >= 15 is 0 Å². The van der Waals surface area contributed by atoms with Crippen molar-refractivity contribution in [2.75, 3.05) is 0 Å². The van der Waals surface area contributed by atoms with Crippen LogP contribution in [0, 0.1) is 6.92 Å². The van der Waals surface area contributed by atoms with Gasteiger partial charge in [-0.3, -0.25) is 0 Å². The standard InChI is InChI=1S/C19H22ClN/c1-13-5-3-7-16(9-13)17-11-19(12-17)21-14(2)15-6-4-8-18(20)10-15/h3-10,14,17,19,21H,11-12H2,1-2H3/t14-,17?,19?/m1/s1. The van der Waals surface area contributed by atoms with Gasteiger partial charge in [-0.1, -0.05) is 53.6 Å². The molecule has 1 aliphatic carbocycles. The van der Waals surface area contributed by atoms with E-state index in [4.69, 9.17) is 11.6 Å². The van der Waals surface area contributed by atoms with E-state index in [1.807, 2.05) is 12.1 Å². The van der Waals surface area contributed by atoms with Gasteiger partial charge in [0.25, 0.3) is 0 Å². The fraction of sp³-hybridized carbons (Fsp3) is 0.368. The Labute approximate surface area is 132 Å². The summed E-state index contributed by atoms with van der Waals surface area (Å²) in [5, 5.41) is 4.53. The second-order valence-corrected chi connectivity index (χ2v) is 6.66. The van der Waals surface area contributed by atoms with Crippen LogP contribution in [0.5, 0.6) is 0 Å². The summed E-state index contributed by atoms with van der Waals surface area (Å²) < 4.78 is 0. The monoisotopic (exact) mass is 299 g/mol. The van der Waals surface area contributed by atoms with Gasteiger partial charge in [0.05, 0.1) is 0 Å². The predicted molar refractivity (Wildman–Crippen MR) is 89.9 cm³/mol. The fourth-order valence-corrected chi connectivity index (χ4v) is 3.37. The molecule has 1 nitrogen and oxygen atoms in total. The lowest BCUT2D eigenvalue weighted by molar-refractivity contribution is 0.271. The van der Waals surface area contributed by atoms with Crippen LogP contribution >= 0.6 is 11.6 Å². The maximum absolute atomic E-state index is 6.06. The maximum Gasteiger partial charge on any atom is 0.0409 e. The Morgan fingerprint density at radius 1 is 1.10 bits per heavy atom. The quantitative estimate of drug-likeness (QED) is 0.813. The van der Waals surface area contributed by atoms with Crippen molar-refractivity contribution >= 4 is 11.6 Å². The molecule has 0 bridgehead atoms. The molecule has 3 rings (SSSR count). The molecule has 1 atom stereocenters. The summed E-state index contributed by atoms with van der Waals surface area (Å²) >= 11 is 6.06. The van der Waals surface area contributed by atoms with Crippen molar-refractivity contribution in [2.24, 2.45) is 0 Å². The third-order valence-corrected chi connectivity index (χ3v) is 4.72. The lowest BCUT2D eigenvalue weighted by atomic mass is 9.75. The van der Waals surface area contributed by atoms with Crippen LogP contribution in [0.2, 0.25) is 5.02 Å². The van der Waals surface area contributed by atoms with Gasteiger partial charge in [-0.15, -0.1) is 0 Å². The average molecular weight is 300 g/mol. The molecule has 0 radical (unpaired) electrons. The summed E-state index contributed by atoms with van der Waals surface area (Å²) in [7, 11) is 0. The third-order valence-electron chi connectivity index (χ3n) is 4.49. The van der Waals surface area contributed by atoms with Crippen molar-refractivity contribution in [3.63, 3.8) is 0 Å². The van der Waals surface area contributed by atoms with Crippen molar-refractivity contribution in [1.82, 2.24) is 5.32 Å². The van der Waals surface area contributed by atoms with Gasteiger partial charge in [0.1, 0.15) is 0 Å². The zero-order chi connectivity index (χ0) is 14.8. The molecule has 2 aromatic rings. The van der Waals surface area contributed by atoms with Gasteiger partial charge >= 0.3 is 0 Å². The largest absolute Gasteiger partial charge is 0.307 e. The van der Waals surface area contributed by atoms with Crippen molar-refractivity contribution in [1.29, 1.82) is 0 Å². The van der Waals surface area contributed by atoms with Crippen molar-refractivity contribution in [3.8, 4) is 0 Å². The number of aryl methyl sites for hydroxylation is 1. The number of halogens is 1. The van der Waals surface area contributed by atoms with E-state index in [0.717, 1.165) is 5.02 Å². The minimum Gasteiger partial charge on any atom is -0.307 e. The van der Waals surface area contributed by atoms with Crippen LogP contribution in [-0.4, -0.2) is 6.04 Å². The molecule has 2 aromatic carbocycles. The molecule has 2 heteroatoms. The van der Waals surface area contributed by atoms with Gasteiger partial charge in [-0.25, -0.2) is 0 Å². The maximum atomic E-state index is 6.06. The Morgan fingerprint density at radius 2 is 1.86 bits per heavy atom. The van der Waals surface area contributed by atoms with Crippen LogP contribution < -0.4 is 5.32 Å². The number of nitrogens with one attached hydrogen (secondary N) is 1. The van der Waals surface area contributed by atoms with Gasteiger partial charge in [-0.05, 0) is 55.9 Å². The SMILES string of the molecule is Cc1cccc(C2CC(N[C@H](C)c3cccc(Cl)c3)C2)c1. The number of hydrogen-bond donors (Lipinski definition) is 1. The smallest absolute Gasteiger partial charge is 0.0409 e. The van der Waals surface area contributed by atoms with Crippen LogP contribution in [-0.2, 0) is 0 Å². The van der Waals surface area contributed by atoms with Crippen LogP contribution in [0.4, 0.5) is 0 Å². The molecular weight excluding hydrogens is 278 g/mol. The Hall–Kier alpha value is -1.31. The van der Waals surface area contributed by atoms with Gasteiger partial charge in [0.2, 0.25) is 0 Å². The van der Waals surface area contributed by atoms with E-state index in [2.05, 4.69) is 55.6 Å². The second kappa shape index (κ2) is 6.21. The minimum absolute atomic E-state index is 0.354. The highest BCUT2D eigenvalue weighted by Gasteiger charge is 2.31. The highest BCUT2D eigenvalue weighted by molar-refractivity contribution is 6.30. The zero-order valence-corrected chi connectivity index (χ0v) is 13.4. The fourth-order valence-electron chi connectivity index (χ4n) is 3.18. The van der Waals surface area contributed by atoms with Crippen LogP contribution in [0.1, 0.15) is 48.4 Å². The molecule has 21 heavy (non-hydrogen) atoms. The van der Waals surface area contributed by atoms with E-state index in [0.29, 0.717) is 18.0 Å². The lowest BCUT2D eigenvalue weighted by Gasteiger charge is -2.38. The Bertz CT molecular complexity index is 616. The third kappa shape index (κ3) is 3.48. The molecule has 0 aromatic heterocycles. The molecule has 0 saturated heterocycles. The first kappa shape index (κ1) is 14.6. The number of hydrogen-bond acceptors (Lipinski definition) is 1. The number of benzene rings is 2. The lowest BCUT2D eigenvalue weighted by Crippen LogP contribution is -2.41. The highest BCUT2D eigenvalue weighted by atomic mass is 35.5. The van der Waals surface area contributed by atoms with E-state index < -0.39 is 0 Å². The summed E-state index contributed by atoms with van der Waals surface area (Å²) in [6, 6.07) is 18.0. The Morgan fingerprint density at radius 3 is 2.57 bits per heavy atom. The molecule has 1 saturated carbocycles. The van der Waals surface area contributed by atoms with E-state index in [1.54, 1.807) is 0 Å². The second-order valence-electron chi connectivity index (χ2n) is 6.22. The Balaban J connectivity index is 1.55. The summed E-state index contributed by atoms with van der Waals surface area (Å²) in [4.78, 5) is 0. The molecule has 0 amide bonds. The van der Waals surface area contributed by atoms with Crippen LogP contribution in [0.15, 0.2) is 48.5 Å². The van der Waals surface area contributed by atoms with Crippen LogP contribution in [0.3, 0.4) is 0 Å². The molecule has 0 aliphatic heterocycles. The summed E-state index contributed by atoms with van der Waals surface area (Å²) in [6.45, 7) is 4.38. The number of rotatable bonds is 4. The first-order chi connectivity index (χ1) is 10.1. The zero-order valence-electron chi connectivity index (χ0n) is 12.6. The molecule has 0 spiro atoms. The van der Waals surface area contributed by atoms with E-state index in [9.17, 15) is 0 Å². The van der Waals surface area contributed by atoms with Gasteiger partial charge in [0, 0.05) is 17.1 Å². The normalized spacial score (nSPS) is 22.6. The first-order valence-corrected chi connectivity index (χ1v) is 8.07. The van der Waals surface area contributed by atoms with Crippen molar-refractivity contribution in [2.45, 2.75) is 44.7 Å². The molecule has 0 heterocycles. The molecule has 110 valence electrons. The average Bonchev–Trinajstić information content (AvgIpc) is 2.42. The highest BCUT2D eigenvalue weighted by Crippen LogP contribution is 2.38. The molecule has 1 aliphatic rings. The summed E-state index contributed by atoms with van der Waals surface area (Å²) in [5.41, 5.74) is 4.11.